The van der Waals surface area contributed by atoms with Crippen LogP contribution in [0.1, 0.15) is 57.2 Å². The minimum Gasteiger partial charge on any atom is -0.458 e. The summed E-state index contributed by atoms with van der Waals surface area (Å²) < 4.78 is 5.46. The lowest BCUT2D eigenvalue weighted by atomic mass is 9.92. The van der Waals surface area contributed by atoms with E-state index in [1.165, 1.54) is 17.3 Å². The minimum atomic E-state index is -0.463. The Bertz CT molecular complexity index is 1180. The van der Waals surface area contributed by atoms with Crippen LogP contribution in [0.3, 0.4) is 0 Å². The number of carbonyl (C=O) groups is 3. The van der Waals surface area contributed by atoms with E-state index in [9.17, 15) is 14.4 Å². The molecule has 0 aliphatic carbocycles. The molecule has 4 rings (SSSR count). The van der Waals surface area contributed by atoms with Crippen molar-refractivity contribution in [1.29, 1.82) is 0 Å². The Balaban J connectivity index is 1.62. The number of amides is 2. The topological polar surface area (TPSA) is 82.5 Å². The van der Waals surface area contributed by atoms with E-state index in [2.05, 4.69) is 32.6 Å². The fraction of sp³-hybridized carbons (Fsp3) is 0.429. The molecule has 1 fully saturated rings. The molecule has 1 unspecified atom stereocenters. The number of carbonyl (C=O) groups excluding carboxylic acids is 3. The molecule has 0 bridgehead atoms. The van der Waals surface area contributed by atoms with Crippen molar-refractivity contribution in [3.8, 4) is 0 Å². The second-order valence-electron chi connectivity index (χ2n) is 9.67. The van der Waals surface area contributed by atoms with Gasteiger partial charge < -0.3 is 19.4 Å². The predicted octanol–water partition coefficient (Wildman–Crippen LogP) is 4.19. The van der Waals surface area contributed by atoms with E-state index in [0.717, 1.165) is 16.4 Å². The molecule has 0 aromatic heterocycles. The second-order valence-corrected chi connectivity index (χ2v) is 10.5. The van der Waals surface area contributed by atoms with Gasteiger partial charge in [-0.25, -0.2) is 9.79 Å². The molecule has 3 heterocycles. The SMILES string of the molecule is C=CCOC(=O)C1=C(C)N=C2SC=C(CC(=O)N3CCN(C(C)=O)CC3)N2C1c1ccc(C(C)C)cc1. The fourth-order valence-electron chi connectivity index (χ4n) is 4.76. The summed E-state index contributed by atoms with van der Waals surface area (Å²) in [4.78, 5) is 48.4. The van der Waals surface area contributed by atoms with Gasteiger partial charge in [0.25, 0.3) is 0 Å². The molecule has 3 aliphatic rings. The number of ether oxygens (including phenoxy) is 1. The van der Waals surface area contributed by atoms with Crippen molar-refractivity contribution >= 4 is 34.7 Å². The molecule has 3 aliphatic heterocycles. The average molecular weight is 523 g/mol. The number of piperazine rings is 1. The van der Waals surface area contributed by atoms with Gasteiger partial charge in [-0.15, -0.1) is 0 Å². The first kappa shape index (κ1) is 26.7. The molecular weight excluding hydrogens is 488 g/mol. The Morgan fingerprint density at radius 3 is 2.38 bits per heavy atom. The van der Waals surface area contributed by atoms with Crippen LogP contribution in [0.2, 0.25) is 0 Å². The molecule has 1 aromatic rings. The number of fused-ring (bicyclic) bond motifs is 1. The third-order valence-electron chi connectivity index (χ3n) is 6.88. The lowest BCUT2D eigenvalue weighted by Gasteiger charge is -2.38. The number of rotatable bonds is 7. The first-order chi connectivity index (χ1) is 17.7. The molecule has 0 saturated carbocycles. The third-order valence-corrected chi connectivity index (χ3v) is 7.77. The van der Waals surface area contributed by atoms with Crippen LogP contribution < -0.4 is 0 Å². The molecule has 37 heavy (non-hydrogen) atoms. The van der Waals surface area contributed by atoms with E-state index in [1.54, 1.807) is 22.8 Å². The normalized spacial score (nSPS) is 19.5. The van der Waals surface area contributed by atoms with Crippen LogP contribution in [0.15, 0.2) is 64.3 Å². The van der Waals surface area contributed by atoms with Gasteiger partial charge in [-0.2, -0.15) is 0 Å². The monoisotopic (exact) mass is 522 g/mol. The van der Waals surface area contributed by atoms with E-state index >= 15 is 0 Å². The van der Waals surface area contributed by atoms with Crippen LogP contribution in [-0.4, -0.2) is 70.4 Å². The number of thioether (sulfide) groups is 1. The predicted molar refractivity (Wildman–Crippen MR) is 146 cm³/mol. The number of allylic oxidation sites excluding steroid dienone is 1. The first-order valence-corrected chi connectivity index (χ1v) is 13.4. The maximum Gasteiger partial charge on any atom is 0.338 e. The maximum atomic E-state index is 13.3. The van der Waals surface area contributed by atoms with Gasteiger partial charge in [0.1, 0.15) is 6.61 Å². The number of hydrogen-bond acceptors (Lipinski definition) is 7. The van der Waals surface area contributed by atoms with Crippen molar-refractivity contribution in [2.24, 2.45) is 4.99 Å². The van der Waals surface area contributed by atoms with Crippen LogP contribution in [-0.2, 0) is 19.1 Å². The number of amidine groups is 1. The highest BCUT2D eigenvalue weighted by molar-refractivity contribution is 8.16. The summed E-state index contributed by atoms with van der Waals surface area (Å²) in [6.45, 7) is 13.5. The summed E-state index contributed by atoms with van der Waals surface area (Å²) in [6.07, 6.45) is 1.72. The van der Waals surface area contributed by atoms with E-state index in [4.69, 9.17) is 9.73 Å². The smallest absolute Gasteiger partial charge is 0.338 e. The van der Waals surface area contributed by atoms with E-state index < -0.39 is 12.0 Å². The van der Waals surface area contributed by atoms with Crippen molar-refractivity contribution in [3.63, 3.8) is 0 Å². The summed E-state index contributed by atoms with van der Waals surface area (Å²) >= 11 is 1.46. The van der Waals surface area contributed by atoms with Gasteiger partial charge in [-0.05, 0) is 29.4 Å². The Morgan fingerprint density at radius 2 is 1.78 bits per heavy atom. The molecule has 0 N–H and O–H groups in total. The molecule has 1 aromatic carbocycles. The van der Waals surface area contributed by atoms with Gasteiger partial charge in [0, 0.05) is 38.8 Å². The highest BCUT2D eigenvalue weighted by Crippen LogP contribution is 2.45. The zero-order valence-corrected chi connectivity index (χ0v) is 22.7. The van der Waals surface area contributed by atoms with E-state index in [-0.39, 0.29) is 24.8 Å². The third kappa shape index (κ3) is 5.66. The van der Waals surface area contributed by atoms with E-state index in [1.807, 2.05) is 29.4 Å². The van der Waals surface area contributed by atoms with Gasteiger partial charge in [0.15, 0.2) is 5.17 Å². The molecule has 2 amide bonds. The maximum absolute atomic E-state index is 13.3. The Morgan fingerprint density at radius 1 is 1.14 bits per heavy atom. The summed E-state index contributed by atoms with van der Waals surface area (Å²) in [5.74, 6) is -0.0421. The Kier molecular flexibility index (Phi) is 8.22. The van der Waals surface area contributed by atoms with Gasteiger partial charge in [-0.1, -0.05) is 62.5 Å². The van der Waals surface area contributed by atoms with Gasteiger partial charge >= 0.3 is 5.97 Å². The van der Waals surface area contributed by atoms with Crippen LogP contribution in [0.5, 0.6) is 0 Å². The van der Waals surface area contributed by atoms with Crippen LogP contribution in [0.4, 0.5) is 0 Å². The Labute approximate surface area is 222 Å². The van der Waals surface area contributed by atoms with Gasteiger partial charge in [0.05, 0.1) is 23.7 Å². The summed E-state index contributed by atoms with van der Waals surface area (Å²) in [6, 6.07) is 7.79. The van der Waals surface area contributed by atoms with Gasteiger partial charge in [0.2, 0.25) is 11.8 Å². The standard InChI is InChI=1S/C28H34N4O4S/c1-6-15-36-27(35)25-19(4)29-28-32(26(25)22-9-7-21(8-10-22)18(2)3)23(17-37-28)16-24(34)31-13-11-30(12-14-31)20(5)33/h6-10,17-18,26H,1,11-16H2,2-5H3. The highest BCUT2D eigenvalue weighted by atomic mass is 32.2. The molecule has 196 valence electrons. The molecular formula is C28H34N4O4S. The summed E-state index contributed by atoms with van der Waals surface area (Å²) in [5.41, 5.74) is 3.99. The zero-order valence-electron chi connectivity index (χ0n) is 21.9. The second kappa shape index (κ2) is 11.4. The van der Waals surface area contributed by atoms with Crippen molar-refractivity contribution in [1.82, 2.24) is 14.7 Å². The zero-order chi connectivity index (χ0) is 26.7. The molecule has 0 radical (unpaired) electrons. The Hall–Kier alpha value is -3.33. The minimum absolute atomic E-state index is 0.00716. The number of hydrogen-bond donors (Lipinski definition) is 0. The lowest BCUT2D eigenvalue weighted by molar-refractivity contribution is -0.138. The molecule has 0 spiro atoms. The number of nitrogens with zero attached hydrogens (tertiary/aromatic N) is 4. The quantitative estimate of drug-likeness (QED) is 0.394. The molecule has 1 saturated heterocycles. The van der Waals surface area contributed by atoms with E-state index in [0.29, 0.717) is 43.4 Å². The largest absolute Gasteiger partial charge is 0.458 e. The molecule has 9 heteroatoms. The highest BCUT2D eigenvalue weighted by Gasteiger charge is 2.41. The van der Waals surface area contributed by atoms with Crippen molar-refractivity contribution < 1.29 is 19.1 Å². The average Bonchev–Trinajstić information content (AvgIpc) is 3.28. The first-order valence-electron chi connectivity index (χ1n) is 12.6. The van der Waals surface area contributed by atoms with Crippen LogP contribution in [0, 0.1) is 0 Å². The number of aliphatic imine (C=N–C) groups is 1. The molecule has 8 nitrogen and oxygen atoms in total. The summed E-state index contributed by atoms with van der Waals surface area (Å²) in [7, 11) is 0. The lowest BCUT2D eigenvalue weighted by Crippen LogP contribution is -2.50. The number of benzene rings is 1. The van der Waals surface area contributed by atoms with Gasteiger partial charge in [-0.3, -0.25) is 9.59 Å². The van der Waals surface area contributed by atoms with Crippen LogP contribution >= 0.6 is 11.8 Å². The van der Waals surface area contributed by atoms with Crippen molar-refractivity contribution in [2.45, 2.75) is 46.1 Å². The van der Waals surface area contributed by atoms with Crippen molar-refractivity contribution in [2.75, 3.05) is 32.8 Å². The summed E-state index contributed by atoms with van der Waals surface area (Å²) in [5, 5.41) is 2.68. The molecule has 1 atom stereocenters. The van der Waals surface area contributed by atoms with Crippen LogP contribution in [0.25, 0.3) is 0 Å². The fourth-order valence-corrected chi connectivity index (χ4v) is 5.72. The van der Waals surface area contributed by atoms with Crippen molar-refractivity contribution in [3.05, 3.63) is 70.4 Å². The number of esters is 1.